The molecule has 29 heavy (non-hydrogen) atoms. The summed E-state index contributed by atoms with van der Waals surface area (Å²) in [6, 6.07) is 13.6. The minimum atomic E-state index is -3.42. The van der Waals surface area contributed by atoms with Crippen LogP contribution in [0.4, 0.5) is 11.4 Å². The zero-order chi connectivity index (χ0) is 21.2. The third-order valence-corrected chi connectivity index (χ3v) is 5.56. The number of aromatic nitrogens is 2. The summed E-state index contributed by atoms with van der Waals surface area (Å²) in [6.07, 6.45) is 0. The summed E-state index contributed by atoms with van der Waals surface area (Å²) in [5.41, 5.74) is 2.03. The van der Waals surface area contributed by atoms with Crippen molar-refractivity contribution in [2.24, 2.45) is 0 Å². The normalized spacial score (nSPS) is 11.2. The highest BCUT2D eigenvalue weighted by atomic mass is 32.2. The minimum absolute atomic E-state index is 0.0525. The lowest BCUT2D eigenvalue weighted by Gasteiger charge is -2.11. The molecule has 3 rings (SSSR count). The van der Waals surface area contributed by atoms with Gasteiger partial charge in [-0.25, -0.2) is 8.42 Å². The number of anilines is 1. The largest absolute Gasteiger partial charge is 0.284 e. The third-order valence-electron chi connectivity index (χ3n) is 4.25. The van der Waals surface area contributed by atoms with Gasteiger partial charge in [-0.05, 0) is 43.7 Å². The maximum Gasteiger partial charge on any atom is 0.272 e. The van der Waals surface area contributed by atoms with Gasteiger partial charge in [0.05, 0.1) is 22.1 Å². The van der Waals surface area contributed by atoms with E-state index < -0.39 is 20.5 Å². The SMILES string of the molecule is CCS(=O)(=O)Nc1cccc(-c2cc(=O)n(-c3ccc([N+](=O)[O-])cc3)nc2C)c1. The van der Waals surface area contributed by atoms with E-state index in [4.69, 9.17) is 0 Å². The zero-order valence-electron chi connectivity index (χ0n) is 15.7. The fourth-order valence-corrected chi connectivity index (χ4v) is 3.37. The van der Waals surface area contributed by atoms with Crippen molar-refractivity contribution in [3.8, 4) is 16.8 Å². The van der Waals surface area contributed by atoms with E-state index in [2.05, 4.69) is 9.82 Å². The minimum Gasteiger partial charge on any atom is -0.284 e. The second kappa shape index (κ2) is 7.84. The average molecular weight is 414 g/mol. The number of nitro groups is 1. The number of nitrogens with zero attached hydrogens (tertiary/aromatic N) is 3. The van der Waals surface area contributed by atoms with Crippen LogP contribution in [0.3, 0.4) is 0 Å². The van der Waals surface area contributed by atoms with Gasteiger partial charge in [-0.15, -0.1) is 0 Å². The predicted molar refractivity (Wildman–Crippen MR) is 110 cm³/mol. The van der Waals surface area contributed by atoms with E-state index in [1.165, 1.54) is 37.3 Å². The number of sulfonamides is 1. The molecular weight excluding hydrogens is 396 g/mol. The molecule has 0 radical (unpaired) electrons. The quantitative estimate of drug-likeness (QED) is 0.488. The Labute approximate surface area is 166 Å². The molecule has 0 saturated heterocycles. The van der Waals surface area contributed by atoms with Crippen molar-refractivity contribution >= 4 is 21.4 Å². The van der Waals surface area contributed by atoms with Crippen molar-refractivity contribution in [1.82, 2.24) is 9.78 Å². The van der Waals surface area contributed by atoms with Crippen molar-refractivity contribution in [3.63, 3.8) is 0 Å². The maximum absolute atomic E-state index is 12.6. The summed E-state index contributed by atoms with van der Waals surface area (Å²) in [5.74, 6) is -0.0525. The fourth-order valence-electron chi connectivity index (χ4n) is 2.74. The van der Waals surface area contributed by atoms with E-state index in [9.17, 15) is 23.3 Å². The molecule has 0 fully saturated rings. The molecule has 1 aromatic heterocycles. The summed E-state index contributed by atoms with van der Waals surface area (Å²) < 4.78 is 27.2. The van der Waals surface area contributed by atoms with Crippen LogP contribution in [0.15, 0.2) is 59.4 Å². The Morgan fingerprint density at radius 3 is 2.45 bits per heavy atom. The third kappa shape index (κ3) is 4.49. The van der Waals surface area contributed by atoms with Crippen LogP contribution >= 0.6 is 0 Å². The van der Waals surface area contributed by atoms with E-state index in [1.807, 2.05) is 0 Å². The second-order valence-electron chi connectivity index (χ2n) is 6.25. The number of benzene rings is 2. The lowest BCUT2D eigenvalue weighted by molar-refractivity contribution is -0.384. The molecule has 10 heteroatoms. The summed E-state index contributed by atoms with van der Waals surface area (Å²) in [6.45, 7) is 3.26. The summed E-state index contributed by atoms with van der Waals surface area (Å²) in [4.78, 5) is 22.9. The first kappa shape index (κ1) is 20.2. The van der Waals surface area contributed by atoms with Crippen LogP contribution in [0.2, 0.25) is 0 Å². The van der Waals surface area contributed by atoms with Crippen molar-refractivity contribution < 1.29 is 13.3 Å². The standard InChI is InChI=1S/C19H18N4O5S/c1-3-29(27,28)21-15-6-4-5-14(11-15)18-12-19(24)22(20-13(18)2)16-7-9-17(10-8-16)23(25)26/h4-12,21H,3H2,1-2H3. The fraction of sp³-hybridized carbons (Fsp3) is 0.158. The van der Waals surface area contributed by atoms with Crippen LogP contribution in [0.1, 0.15) is 12.6 Å². The first-order chi connectivity index (χ1) is 13.7. The van der Waals surface area contributed by atoms with E-state index >= 15 is 0 Å². The Bertz CT molecular complexity index is 1230. The summed E-state index contributed by atoms with van der Waals surface area (Å²) in [5, 5.41) is 15.1. The van der Waals surface area contributed by atoms with Gasteiger partial charge in [0.1, 0.15) is 0 Å². The molecule has 0 bridgehead atoms. The van der Waals surface area contributed by atoms with E-state index in [1.54, 1.807) is 31.2 Å². The Kier molecular flexibility index (Phi) is 5.46. The summed E-state index contributed by atoms with van der Waals surface area (Å²) >= 11 is 0. The highest BCUT2D eigenvalue weighted by Gasteiger charge is 2.12. The second-order valence-corrected chi connectivity index (χ2v) is 8.26. The van der Waals surface area contributed by atoms with E-state index in [-0.39, 0.29) is 11.4 Å². The van der Waals surface area contributed by atoms with Gasteiger partial charge >= 0.3 is 0 Å². The molecule has 0 aliphatic rings. The number of hydrogen-bond donors (Lipinski definition) is 1. The molecular formula is C19H18N4O5S. The van der Waals surface area contributed by atoms with Crippen LogP contribution in [-0.2, 0) is 10.0 Å². The molecule has 2 aromatic carbocycles. The van der Waals surface area contributed by atoms with Crippen LogP contribution in [-0.4, -0.2) is 28.9 Å². The monoisotopic (exact) mass is 414 g/mol. The number of aryl methyl sites for hydroxylation is 1. The highest BCUT2D eigenvalue weighted by molar-refractivity contribution is 7.92. The Balaban J connectivity index is 2.00. The lowest BCUT2D eigenvalue weighted by atomic mass is 10.0. The number of nitrogens with one attached hydrogen (secondary N) is 1. The molecule has 0 amide bonds. The lowest BCUT2D eigenvalue weighted by Crippen LogP contribution is -2.21. The summed E-state index contributed by atoms with van der Waals surface area (Å²) in [7, 11) is -3.42. The van der Waals surface area contributed by atoms with Gasteiger partial charge in [0.2, 0.25) is 10.0 Å². The zero-order valence-corrected chi connectivity index (χ0v) is 16.5. The van der Waals surface area contributed by atoms with Crippen molar-refractivity contribution in [1.29, 1.82) is 0 Å². The maximum atomic E-state index is 12.6. The number of nitro benzene ring substituents is 1. The number of hydrogen-bond acceptors (Lipinski definition) is 6. The predicted octanol–water partition coefficient (Wildman–Crippen LogP) is 2.88. The van der Waals surface area contributed by atoms with Crippen LogP contribution < -0.4 is 10.3 Å². The Morgan fingerprint density at radius 2 is 1.83 bits per heavy atom. The molecule has 0 aliphatic carbocycles. The molecule has 1 heterocycles. The van der Waals surface area contributed by atoms with Crippen LogP contribution in [0.25, 0.3) is 16.8 Å². The van der Waals surface area contributed by atoms with Gasteiger partial charge in [0, 0.05) is 29.4 Å². The molecule has 0 saturated carbocycles. The van der Waals surface area contributed by atoms with Gasteiger partial charge in [-0.3, -0.25) is 19.6 Å². The van der Waals surface area contributed by atoms with Gasteiger partial charge < -0.3 is 0 Å². The number of rotatable bonds is 6. The van der Waals surface area contributed by atoms with Crippen molar-refractivity contribution in [2.45, 2.75) is 13.8 Å². The first-order valence-corrected chi connectivity index (χ1v) is 10.3. The van der Waals surface area contributed by atoms with E-state index in [0.717, 1.165) is 4.68 Å². The average Bonchev–Trinajstić information content (AvgIpc) is 2.69. The van der Waals surface area contributed by atoms with Crippen LogP contribution in [0.5, 0.6) is 0 Å². The van der Waals surface area contributed by atoms with Crippen molar-refractivity contribution in [3.05, 3.63) is 80.8 Å². The van der Waals surface area contributed by atoms with Gasteiger partial charge in [0.15, 0.2) is 0 Å². The van der Waals surface area contributed by atoms with Gasteiger partial charge in [-0.1, -0.05) is 12.1 Å². The molecule has 0 atom stereocenters. The topological polar surface area (TPSA) is 124 Å². The number of non-ortho nitro benzene ring substituents is 1. The molecule has 3 aromatic rings. The molecule has 150 valence electrons. The molecule has 0 aliphatic heterocycles. The molecule has 0 unspecified atom stereocenters. The Hall–Kier alpha value is -3.53. The smallest absolute Gasteiger partial charge is 0.272 e. The Morgan fingerprint density at radius 1 is 1.14 bits per heavy atom. The van der Waals surface area contributed by atoms with Crippen molar-refractivity contribution in [2.75, 3.05) is 10.5 Å². The molecule has 1 N–H and O–H groups in total. The molecule has 9 nitrogen and oxygen atoms in total. The molecule has 0 spiro atoms. The van der Waals surface area contributed by atoms with E-state index in [0.29, 0.717) is 28.2 Å². The van der Waals surface area contributed by atoms with Gasteiger partial charge in [-0.2, -0.15) is 9.78 Å². The van der Waals surface area contributed by atoms with Gasteiger partial charge in [0.25, 0.3) is 11.2 Å². The highest BCUT2D eigenvalue weighted by Crippen LogP contribution is 2.24. The first-order valence-electron chi connectivity index (χ1n) is 8.67. The van der Waals surface area contributed by atoms with Crippen LogP contribution in [0, 0.1) is 17.0 Å².